The van der Waals surface area contributed by atoms with Gasteiger partial charge in [0.1, 0.15) is 11.6 Å². The summed E-state index contributed by atoms with van der Waals surface area (Å²) in [7, 11) is 0. The highest BCUT2D eigenvalue weighted by Crippen LogP contribution is 2.09. The first-order valence-electron chi connectivity index (χ1n) is 5.18. The third kappa shape index (κ3) is 5.02. The highest BCUT2D eigenvalue weighted by molar-refractivity contribution is 7.99. The summed E-state index contributed by atoms with van der Waals surface area (Å²) in [4.78, 5) is 3.95. The minimum absolute atomic E-state index is 0.297. The molecule has 1 heterocycles. The number of hydrogen-bond acceptors (Lipinski definition) is 3. The molecule has 1 aromatic rings. The van der Waals surface area contributed by atoms with E-state index in [0.717, 1.165) is 23.7 Å². The number of hydrogen-bond donors (Lipinski definition) is 1. The van der Waals surface area contributed by atoms with Gasteiger partial charge in [0.25, 0.3) is 0 Å². The second-order valence-electron chi connectivity index (χ2n) is 3.39. The van der Waals surface area contributed by atoms with E-state index in [-0.39, 0.29) is 5.82 Å². The van der Waals surface area contributed by atoms with E-state index in [0.29, 0.717) is 6.04 Å². The Kier molecular flexibility index (Phi) is 5.47. The molecule has 0 aromatic carbocycles. The van der Waals surface area contributed by atoms with Crippen molar-refractivity contribution in [2.75, 3.05) is 16.8 Å². The lowest BCUT2D eigenvalue weighted by molar-refractivity contribution is 0.621. The zero-order valence-corrected chi connectivity index (χ0v) is 9.98. The molecule has 0 radical (unpaired) electrons. The van der Waals surface area contributed by atoms with Gasteiger partial charge in [0, 0.05) is 6.04 Å². The summed E-state index contributed by atoms with van der Waals surface area (Å²) >= 11 is 1.93. The maximum absolute atomic E-state index is 12.6. The van der Waals surface area contributed by atoms with Crippen molar-refractivity contribution in [3.8, 4) is 0 Å². The van der Waals surface area contributed by atoms with Crippen LogP contribution < -0.4 is 5.32 Å². The van der Waals surface area contributed by atoms with E-state index in [2.05, 4.69) is 24.1 Å². The SMILES string of the molecule is CCSCCC(C)Nc1ccc(F)cn1. The fourth-order valence-electron chi connectivity index (χ4n) is 1.19. The van der Waals surface area contributed by atoms with Crippen molar-refractivity contribution in [1.29, 1.82) is 0 Å². The third-order valence-electron chi connectivity index (χ3n) is 2.02. The number of thioether (sulfide) groups is 1. The highest BCUT2D eigenvalue weighted by Gasteiger charge is 2.02. The Bertz CT molecular complexity index is 276. The van der Waals surface area contributed by atoms with Crippen LogP contribution in [-0.4, -0.2) is 22.5 Å². The zero-order valence-electron chi connectivity index (χ0n) is 9.16. The first kappa shape index (κ1) is 12.3. The topological polar surface area (TPSA) is 24.9 Å². The first-order chi connectivity index (χ1) is 7.22. The Balaban J connectivity index is 2.31. The molecule has 0 saturated heterocycles. The number of nitrogens with one attached hydrogen (secondary N) is 1. The van der Waals surface area contributed by atoms with Crippen LogP contribution in [0.1, 0.15) is 20.3 Å². The summed E-state index contributed by atoms with van der Waals surface area (Å²) in [6.45, 7) is 4.27. The molecule has 1 atom stereocenters. The fraction of sp³-hybridized carbons (Fsp3) is 0.545. The molecule has 1 aromatic heterocycles. The van der Waals surface area contributed by atoms with Crippen LogP contribution >= 0.6 is 11.8 Å². The molecule has 2 nitrogen and oxygen atoms in total. The van der Waals surface area contributed by atoms with Crippen molar-refractivity contribution in [3.63, 3.8) is 0 Å². The molecule has 0 aliphatic rings. The quantitative estimate of drug-likeness (QED) is 0.757. The van der Waals surface area contributed by atoms with Crippen LogP contribution in [0, 0.1) is 5.82 Å². The van der Waals surface area contributed by atoms with Gasteiger partial charge < -0.3 is 5.32 Å². The van der Waals surface area contributed by atoms with Crippen molar-refractivity contribution in [2.45, 2.75) is 26.3 Å². The maximum Gasteiger partial charge on any atom is 0.141 e. The van der Waals surface area contributed by atoms with Crippen LogP contribution in [0.25, 0.3) is 0 Å². The molecule has 0 bridgehead atoms. The molecule has 1 N–H and O–H groups in total. The predicted molar refractivity (Wildman–Crippen MR) is 64.9 cm³/mol. The molecule has 0 aliphatic heterocycles. The molecular weight excluding hydrogens is 211 g/mol. The molecule has 0 saturated carbocycles. The minimum atomic E-state index is -0.297. The molecule has 0 aliphatic carbocycles. The van der Waals surface area contributed by atoms with Crippen molar-refractivity contribution in [1.82, 2.24) is 4.98 Å². The Morgan fingerprint density at radius 1 is 1.53 bits per heavy atom. The van der Waals surface area contributed by atoms with Crippen LogP contribution in [0.2, 0.25) is 0 Å². The number of aromatic nitrogens is 1. The molecular formula is C11H17FN2S. The number of nitrogens with zero attached hydrogens (tertiary/aromatic N) is 1. The van der Waals surface area contributed by atoms with E-state index >= 15 is 0 Å². The van der Waals surface area contributed by atoms with Gasteiger partial charge in [-0.15, -0.1) is 0 Å². The number of rotatable bonds is 6. The maximum atomic E-state index is 12.6. The van der Waals surface area contributed by atoms with Gasteiger partial charge in [-0.1, -0.05) is 6.92 Å². The molecule has 1 rings (SSSR count). The molecule has 84 valence electrons. The lowest BCUT2D eigenvalue weighted by atomic mass is 10.2. The number of pyridine rings is 1. The standard InChI is InChI=1S/C11H17FN2S/c1-3-15-7-6-9(2)14-11-5-4-10(12)8-13-11/h4-5,8-9H,3,6-7H2,1-2H3,(H,13,14). The van der Waals surface area contributed by atoms with Gasteiger partial charge in [0.05, 0.1) is 6.20 Å². The summed E-state index contributed by atoms with van der Waals surface area (Å²) in [6, 6.07) is 3.46. The van der Waals surface area contributed by atoms with Crippen molar-refractivity contribution >= 4 is 17.6 Å². The Labute approximate surface area is 94.7 Å². The van der Waals surface area contributed by atoms with Crippen LogP contribution in [0.3, 0.4) is 0 Å². The molecule has 4 heteroatoms. The van der Waals surface area contributed by atoms with Gasteiger partial charge >= 0.3 is 0 Å². The lowest BCUT2D eigenvalue weighted by Crippen LogP contribution is -2.16. The second-order valence-corrected chi connectivity index (χ2v) is 4.79. The van der Waals surface area contributed by atoms with E-state index in [9.17, 15) is 4.39 Å². The normalized spacial score (nSPS) is 12.5. The fourth-order valence-corrected chi connectivity index (χ4v) is 2.00. The van der Waals surface area contributed by atoms with E-state index in [1.807, 2.05) is 11.8 Å². The minimum Gasteiger partial charge on any atom is -0.368 e. The molecule has 1 unspecified atom stereocenters. The van der Waals surface area contributed by atoms with E-state index in [1.54, 1.807) is 6.07 Å². The van der Waals surface area contributed by atoms with E-state index < -0.39 is 0 Å². The monoisotopic (exact) mass is 228 g/mol. The second kappa shape index (κ2) is 6.67. The predicted octanol–water partition coefficient (Wildman–Crippen LogP) is 3.16. The Morgan fingerprint density at radius 3 is 2.93 bits per heavy atom. The van der Waals surface area contributed by atoms with Gasteiger partial charge in [-0.3, -0.25) is 0 Å². The summed E-state index contributed by atoms with van der Waals surface area (Å²) in [5, 5.41) is 3.24. The largest absolute Gasteiger partial charge is 0.368 e. The van der Waals surface area contributed by atoms with Crippen LogP contribution in [0.15, 0.2) is 18.3 Å². The van der Waals surface area contributed by atoms with Gasteiger partial charge in [-0.25, -0.2) is 9.37 Å². The smallest absolute Gasteiger partial charge is 0.141 e. The zero-order chi connectivity index (χ0) is 11.1. The van der Waals surface area contributed by atoms with Crippen molar-refractivity contribution in [2.24, 2.45) is 0 Å². The van der Waals surface area contributed by atoms with Crippen LogP contribution in [-0.2, 0) is 0 Å². The van der Waals surface area contributed by atoms with E-state index in [1.165, 1.54) is 12.3 Å². The summed E-state index contributed by atoms with van der Waals surface area (Å²) < 4.78 is 12.6. The van der Waals surface area contributed by atoms with Gasteiger partial charge in [-0.2, -0.15) is 11.8 Å². The Hall–Kier alpha value is -0.770. The highest BCUT2D eigenvalue weighted by atomic mass is 32.2. The lowest BCUT2D eigenvalue weighted by Gasteiger charge is -2.13. The van der Waals surface area contributed by atoms with Crippen molar-refractivity contribution < 1.29 is 4.39 Å². The van der Waals surface area contributed by atoms with Gasteiger partial charge in [-0.05, 0) is 37.0 Å². The third-order valence-corrected chi connectivity index (χ3v) is 2.95. The first-order valence-corrected chi connectivity index (χ1v) is 6.33. The van der Waals surface area contributed by atoms with Gasteiger partial charge in [0.15, 0.2) is 0 Å². The average molecular weight is 228 g/mol. The summed E-state index contributed by atoms with van der Waals surface area (Å²) in [5.41, 5.74) is 0. The Morgan fingerprint density at radius 2 is 2.33 bits per heavy atom. The number of anilines is 1. The average Bonchev–Trinajstić information content (AvgIpc) is 2.22. The van der Waals surface area contributed by atoms with E-state index in [4.69, 9.17) is 0 Å². The molecule has 15 heavy (non-hydrogen) atoms. The molecule has 0 spiro atoms. The molecule has 0 amide bonds. The van der Waals surface area contributed by atoms with Crippen LogP contribution in [0.4, 0.5) is 10.2 Å². The van der Waals surface area contributed by atoms with Crippen molar-refractivity contribution in [3.05, 3.63) is 24.1 Å². The summed E-state index contributed by atoms with van der Waals surface area (Å²) in [6.07, 6.45) is 2.33. The summed E-state index contributed by atoms with van der Waals surface area (Å²) in [5.74, 6) is 2.74. The number of halogens is 1. The molecule has 0 fully saturated rings. The van der Waals surface area contributed by atoms with Gasteiger partial charge in [0.2, 0.25) is 0 Å². The van der Waals surface area contributed by atoms with Crippen LogP contribution in [0.5, 0.6) is 0 Å².